The van der Waals surface area contributed by atoms with E-state index >= 15 is 0 Å². The van der Waals surface area contributed by atoms with Crippen LogP contribution in [0.5, 0.6) is 0 Å². The van der Waals surface area contributed by atoms with Crippen LogP contribution in [0.2, 0.25) is 0 Å². The molecule has 0 spiro atoms. The van der Waals surface area contributed by atoms with Crippen molar-refractivity contribution in [2.45, 2.75) is 38.6 Å². The van der Waals surface area contributed by atoms with E-state index in [2.05, 4.69) is 5.10 Å². The standard InChI is InChI=1S/C20H25N5O3S/c1-14(2)25-16(4)19(15(3)22-25)29(27,28)24-11-9-23(10-12-24)20(26)18-7-5-17(13-21)6-8-18/h5-8,14H,9-12H2,1-4H3. The van der Waals surface area contributed by atoms with Gasteiger partial charge in [-0.05, 0) is 52.0 Å². The number of hydrogen-bond donors (Lipinski definition) is 0. The van der Waals surface area contributed by atoms with Crippen LogP contribution in [0.1, 0.15) is 47.2 Å². The highest BCUT2D eigenvalue weighted by atomic mass is 32.2. The molecule has 2 aromatic rings. The molecule has 1 aliphatic heterocycles. The summed E-state index contributed by atoms with van der Waals surface area (Å²) in [6.07, 6.45) is 0. The van der Waals surface area contributed by atoms with Gasteiger partial charge in [0.2, 0.25) is 10.0 Å². The number of aryl methyl sites for hydroxylation is 1. The molecule has 0 atom stereocenters. The number of piperazine rings is 1. The van der Waals surface area contributed by atoms with Gasteiger partial charge in [0.25, 0.3) is 5.91 Å². The number of carbonyl (C=O) groups excluding carboxylic acids is 1. The van der Waals surface area contributed by atoms with E-state index in [9.17, 15) is 13.2 Å². The zero-order chi connectivity index (χ0) is 21.3. The second kappa shape index (κ2) is 7.97. The molecule has 2 heterocycles. The van der Waals surface area contributed by atoms with E-state index in [1.807, 2.05) is 19.9 Å². The topological polar surface area (TPSA) is 99.3 Å². The highest BCUT2D eigenvalue weighted by Gasteiger charge is 2.34. The first kappa shape index (κ1) is 21.0. The Kier molecular flexibility index (Phi) is 5.78. The third-order valence-electron chi connectivity index (χ3n) is 5.13. The second-order valence-electron chi connectivity index (χ2n) is 7.42. The average molecular weight is 416 g/mol. The van der Waals surface area contributed by atoms with Crippen molar-refractivity contribution >= 4 is 15.9 Å². The maximum Gasteiger partial charge on any atom is 0.253 e. The Morgan fingerprint density at radius 1 is 1.10 bits per heavy atom. The van der Waals surface area contributed by atoms with Gasteiger partial charge in [0.05, 0.1) is 23.0 Å². The summed E-state index contributed by atoms with van der Waals surface area (Å²) in [5.74, 6) is -0.161. The molecule has 1 amide bonds. The largest absolute Gasteiger partial charge is 0.336 e. The van der Waals surface area contributed by atoms with Crippen LogP contribution in [0.25, 0.3) is 0 Å². The Hall–Kier alpha value is -2.70. The summed E-state index contributed by atoms with van der Waals surface area (Å²) in [5.41, 5.74) is 2.11. The molecule has 29 heavy (non-hydrogen) atoms. The predicted molar refractivity (Wildman–Crippen MR) is 108 cm³/mol. The second-order valence-corrected chi connectivity index (χ2v) is 9.30. The van der Waals surface area contributed by atoms with Crippen LogP contribution in [0.4, 0.5) is 0 Å². The Balaban J connectivity index is 1.75. The van der Waals surface area contributed by atoms with Gasteiger partial charge >= 0.3 is 0 Å². The number of amides is 1. The van der Waals surface area contributed by atoms with Gasteiger partial charge in [0.1, 0.15) is 4.90 Å². The van der Waals surface area contributed by atoms with Gasteiger partial charge in [-0.25, -0.2) is 8.42 Å². The molecular weight excluding hydrogens is 390 g/mol. The van der Waals surface area contributed by atoms with E-state index in [1.54, 1.807) is 47.7 Å². The molecule has 1 fully saturated rings. The molecule has 1 aromatic heterocycles. The predicted octanol–water partition coefficient (Wildman–Crippen LogP) is 2.10. The van der Waals surface area contributed by atoms with E-state index in [0.29, 0.717) is 35.6 Å². The number of aromatic nitrogens is 2. The molecular formula is C20H25N5O3S. The van der Waals surface area contributed by atoms with Gasteiger partial charge in [0.15, 0.2) is 0 Å². The van der Waals surface area contributed by atoms with Crippen molar-refractivity contribution in [1.29, 1.82) is 5.26 Å². The first-order valence-electron chi connectivity index (χ1n) is 9.52. The molecule has 1 aromatic carbocycles. The van der Waals surface area contributed by atoms with Crippen LogP contribution in [-0.2, 0) is 10.0 Å². The summed E-state index contributed by atoms with van der Waals surface area (Å²) < 4.78 is 29.6. The van der Waals surface area contributed by atoms with Crippen molar-refractivity contribution in [2.75, 3.05) is 26.2 Å². The summed E-state index contributed by atoms with van der Waals surface area (Å²) in [5, 5.41) is 13.3. The third-order valence-corrected chi connectivity index (χ3v) is 7.28. The van der Waals surface area contributed by atoms with Crippen LogP contribution in [0.15, 0.2) is 29.2 Å². The molecule has 154 valence electrons. The minimum Gasteiger partial charge on any atom is -0.336 e. The van der Waals surface area contributed by atoms with E-state index in [1.165, 1.54) is 4.31 Å². The fraction of sp³-hybridized carbons (Fsp3) is 0.450. The maximum atomic E-state index is 13.2. The van der Waals surface area contributed by atoms with Gasteiger partial charge in [0, 0.05) is 37.8 Å². The summed E-state index contributed by atoms with van der Waals surface area (Å²) in [7, 11) is -3.68. The molecule has 0 unspecified atom stereocenters. The molecule has 9 heteroatoms. The van der Waals surface area contributed by atoms with Crippen molar-refractivity contribution in [3.05, 3.63) is 46.8 Å². The van der Waals surface area contributed by atoms with E-state index < -0.39 is 10.0 Å². The molecule has 8 nitrogen and oxygen atoms in total. The summed E-state index contributed by atoms with van der Waals surface area (Å²) in [6, 6.07) is 8.54. The smallest absolute Gasteiger partial charge is 0.253 e. The Morgan fingerprint density at radius 3 is 2.17 bits per heavy atom. The zero-order valence-electron chi connectivity index (χ0n) is 17.1. The van der Waals surface area contributed by atoms with Crippen molar-refractivity contribution in [2.24, 2.45) is 0 Å². The van der Waals surface area contributed by atoms with E-state index in [-0.39, 0.29) is 29.9 Å². The Bertz CT molecular complexity index is 1060. The van der Waals surface area contributed by atoms with Gasteiger partial charge in [-0.1, -0.05) is 0 Å². The van der Waals surface area contributed by atoms with Crippen LogP contribution in [0, 0.1) is 25.2 Å². The molecule has 1 saturated heterocycles. The minimum absolute atomic E-state index is 0.0690. The highest BCUT2D eigenvalue weighted by molar-refractivity contribution is 7.89. The molecule has 1 aliphatic rings. The zero-order valence-corrected chi connectivity index (χ0v) is 17.9. The van der Waals surface area contributed by atoms with Crippen molar-refractivity contribution in [3.8, 4) is 6.07 Å². The van der Waals surface area contributed by atoms with Gasteiger partial charge in [-0.3, -0.25) is 9.48 Å². The number of rotatable bonds is 4. The van der Waals surface area contributed by atoms with E-state index in [0.717, 1.165) is 0 Å². The Labute approximate surface area is 171 Å². The van der Waals surface area contributed by atoms with Crippen LogP contribution >= 0.6 is 0 Å². The first-order valence-corrected chi connectivity index (χ1v) is 11.0. The molecule has 3 rings (SSSR count). The van der Waals surface area contributed by atoms with Crippen molar-refractivity contribution < 1.29 is 13.2 Å². The quantitative estimate of drug-likeness (QED) is 0.761. The molecule has 0 radical (unpaired) electrons. The SMILES string of the molecule is Cc1nn(C(C)C)c(C)c1S(=O)(=O)N1CCN(C(=O)c2ccc(C#N)cc2)CC1. The normalized spacial score (nSPS) is 15.5. The van der Waals surface area contributed by atoms with Crippen LogP contribution in [-0.4, -0.2) is 59.5 Å². The lowest BCUT2D eigenvalue weighted by Gasteiger charge is -2.34. The fourth-order valence-corrected chi connectivity index (χ4v) is 5.44. The molecule has 0 aliphatic carbocycles. The number of carbonyl (C=O) groups is 1. The molecule has 0 N–H and O–H groups in total. The lowest BCUT2D eigenvalue weighted by atomic mass is 10.1. The van der Waals surface area contributed by atoms with Gasteiger partial charge in [-0.2, -0.15) is 14.7 Å². The monoisotopic (exact) mass is 415 g/mol. The van der Waals surface area contributed by atoms with Gasteiger partial charge in [-0.15, -0.1) is 0 Å². The van der Waals surface area contributed by atoms with E-state index in [4.69, 9.17) is 5.26 Å². The lowest BCUT2D eigenvalue weighted by Crippen LogP contribution is -2.50. The number of benzene rings is 1. The minimum atomic E-state index is -3.68. The Morgan fingerprint density at radius 2 is 1.69 bits per heavy atom. The van der Waals surface area contributed by atoms with Crippen molar-refractivity contribution in [1.82, 2.24) is 19.0 Å². The lowest BCUT2D eigenvalue weighted by molar-refractivity contribution is 0.0698. The third kappa shape index (κ3) is 3.91. The fourth-order valence-electron chi connectivity index (χ4n) is 3.65. The highest BCUT2D eigenvalue weighted by Crippen LogP contribution is 2.26. The summed E-state index contributed by atoms with van der Waals surface area (Å²) in [4.78, 5) is 14.6. The summed E-state index contributed by atoms with van der Waals surface area (Å²) in [6.45, 7) is 8.50. The van der Waals surface area contributed by atoms with Crippen LogP contribution in [0.3, 0.4) is 0 Å². The number of sulfonamides is 1. The van der Waals surface area contributed by atoms with Crippen LogP contribution < -0.4 is 0 Å². The van der Waals surface area contributed by atoms with Crippen molar-refractivity contribution in [3.63, 3.8) is 0 Å². The first-order chi connectivity index (χ1) is 13.7. The number of nitrogens with zero attached hydrogens (tertiary/aromatic N) is 5. The number of nitriles is 1. The van der Waals surface area contributed by atoms with Gasteiger partial charge < -0.3 is 4.90 Å². The molecule has 0 saturated carbocycles. The molecule has 0 bridgehead atoms. The maximum absolute atomic E-state index is 13.2. The average Bonchev–Trinajstić information content (AvgIpc) is 3.02. The number of hydrogen-bond acceptors (Lipinski definition) is 5. The summed E-state index contributed by atoms with van der Waals surface area (Å²) >= 11 is 0.